The van der Waals surface area contributed by atoms with E-state index >= 15 is 0 Å². The molecule has 0 radical (unpaired) electrons. The quantitative estimate of drug-likeness (QED) is 0.370. The van der Waals surface area contributed by atoms with E-state index in [1.54, 1.807) is 5.57 Å². The van der Waals surface area contributed by atoms with Crippen LogP contribution < -0.4 is 10.2 Å². The summed E-state index contributed by atoms with van der Waals surface area (Å²) in [7, 11) is 4.17. The maximum absolute atomic E-state index is 5.09. The zero-order valence-corrected chi connectivity index (χ0v) is 22.9. The number of nitrogens with one attached hydrogen (secondary N) is 1. The summed E-state index contributed by atoms with van der Waals surface area (Å²) in [5.41, 5.74) is 3.09. The maximum Gasteiger partial charge on any atom is 0.139 e. The minimum atomic E-state index is 0. The first kappa shape index (κ1) is 24.2. The fraction of sp³-hybridized carbons (Fsp3) is 0.548. The zero-order valence-electron chi connectivity index (χ0n) is 22.0. The molecule has 1 aromatic heterocycles. The molecule has 3 unspecified atom stereocenters. The van der Waals surface area contributed by atoms with Crippen LogP contribution in [0, 0.1) is 17.3 Å². The predicted octanol–water partition coefficient (Wildman–Crippen LogP) is 7.11. The Bertz CT molecular complexity index is 1210. The van der Waals surface area contributed by atoms with E-state index in [0.29, 0.717) is 22.0 Å². The van der Waals surface area contributed by atoms with Crippen LogP contribution in [0.25, 0.3) is 10.9 Å². The molecule has 2 fully saturated rings. The summed E-state index contributed by atoms with van der Waals surface area (Å²) in [5, 5.41) is 7.42. The van der Waals surface area contributed by atoms with Crippen LogP contribution in [0.4, 0.5) is 5.82 Å². The molecule has 0 saturated heterocycles. The molecule has 2 saturated carbocycles. The molecule has 3 atom stereocenters. The fourth-order valence-electron chi connectivity index (χ4n) is 7.09. The highest BCUT2D eigenvalue weighted by atomic mass is 32.2. The second kappa shape index (κ2) is 9.64. The van der Waals surface area contributed by atoms with Gasteiger partial charge in [-0.05, 0) is 87.4 Å². The highest BCUT2D eigenvalue weighted by Crippen LogP contribution is 2.75. The van der Waals surface area contributed by atoms with Gasteiger partial charge < -0.3 is 10.2 Å². The lowest BCUT2D eigenvalue weighted by molar-refractivity contribution is 0.230. The van der Waals surface area contributed by atoms with E-state index < -0.39 is 0 Å². The summed E-state index contributed by atoms with van der Waals surface area (Å²) >= 11 is 2.05. The molecule has 36 heavy (non-hydrogen) atoms. The fourth-order valence-corrected chi connectivity index (χ4v) is 8.64. The van der Waals surface area contributed by atoms with Gasteiger partial charge in [0.2, 0.25) is 0 Å². The normalized spacial score (nSPS) is 31.1. The van der Waals surface area contributed by atoms with Gasteiger partial charge in [0, 0.05) is 32.2 Å². The first-order valence-electron chi connectivity index (χ1n) is 13.9. The minimum Gasteiger partial charge on any atom is -0.362 e. The van der Waals surface area contributed by atoms with Crippen molar-refractivity contribution in [2.45, 2.75) is 62.5 Å². The van der Waals surface area contributed by atoms with E-state index in [2.05, 4.69) is 97.0 Å². The molecule has 4 aliphatic rings. The second-order valence-electron chi connectivity index (χ2n) is 11.6. The van der Waals surface area contributed by atoms with Gasteiger partial charge >= 0.3 is 0 Å². The van der Waals surface area contributed by atoms with Crippen molar-refractivity contribution in [1.29, 1.82) is 0 Å². The van der Waals surface area contributed by atoms with E-state index in [1.165, 1.54) is 38.5 Å². The number of hydrogen-bond acceptors (Lipinski definition) is 5. The molecule has 1 N–H and O–H groups in total. The van der Waals surface area contributed by atoms with Crippen molar-refractivity contribution in [1.82, 2.24) is 15.3 Å². The number of hydrogen-bond donors (Lipinski definition) is 1. The lowest BCUT2D eigenvalue weighted by Gasteiger charge is -2.33. The molecule has 0 bridgehead atoms. The first-order valence-corrected chi connectivity index (χ1v) is 14.8. The Hall–Kier alpha value is -2.11. The number of nitrogens with zero attached hydrogens (tertiary/aromatic N) is 3. The number of anilines is 1. The molecule has 6 rings (SSSR count). The average molecular weight is 503 g/mol. The molecule has 5 heteroatoms. The van der Waals surface area contributed by atoms with Gasteiger partial charge in [0.05, 0.1) is 10.3 Å². The van der Waals surface area contributed by atoms with Crippen molar-refractivity contribution < 1.29 is 1.43 Å². The smallest absolute Gasteiger partial charge is 0.139 e. The third-order valence-corrected chi connectivity index (χ3v) is 10.7. The van der Waals surface area contributed by atoms with Crippen molar-refractivity contribution in [3.63, 3.8) is 0 Å². The van der Waals surface area contributed by atoms with Gasteiger partial charge in [0.15, 0.2) is 0 Å². The number of allylic oxidation sites excluding steroid dienone is 3. The zero-order chi connectivity index (χ0) is 24.8. The third kappa shape index (κ3) is 4.12. The summed E-state index contributed by atoms with van der Waals surface area (Å²) in [5.74, 6) is 4.04. The Balaban J connectivity index is 0.00000280. The first-order chi connectivity index (χ1) is 17.6. The standard InChI is InChI=1S/C31H40N4S.H2/c1-4-25(28-33-27-10-6-5-9-26(27)29(34-28)35(2)3)23-13-11-22(12-14-23)19-32-18-15-24-20-36-31-17-8-7-16-30(24,31)21-31;/h5-10,16-17,20,22-23,25,32H,4,11-15,18-19,21H2,1-3H3;1H. The number of fused-ring (bicyclic) bond motifs is 1. The molecule has 192 valence electrons. The molecular weight excluding hydrogens is 460 g/mol. The largest absolute Gasteiger partial charge is 0.362 e. The van der Waals surface area contributed by atoms with E-state index in [1.807, 2.05) is 0 Å². The van der Waals surface area contributed by atoms with Crippen molar-refractivity contribution >= 4 is 28.5 Å². The van der Waals surface area contributed by atoms with Gasteiger partial charge in [0.25, 0.3) is 0 Å². The van der Waals surface area contributed by atoms with E-state index in [0.717, 1.165) is 48.0 Å². The van der Waals surface area contributed by atoms with E-state index in [-0.39, 0.29) is 1.43 Å². The SMILES string of the molecule is CCC(c1nc(N(C)C)c2ccccc2n1)C1CCC(CNCCC2=CSC34C=CC=CC23C4)CC1.[HH]. The topological polar surface area (TPSA) is 41.1 Å². The summed E-state index contributed by atoms with van der Waals surface area (Å²) in [6, 6.07) is 8.44. The summed E-state index contributed by atoms with van der Waals surface area (Å²) in [4.78, 5) is 12.3. The minimum absolute atomic E-state index is 0. The van der Waals surface area contributed by atoms with Crippen LogP contribution in [0.1, 0.15) is 65.0 Å². The van der Waals surface area contributed by atoms with Gasteiger partial charge in [-0.3, -0.25) is 0 Å². The van der Waals surface area contributed by atoms with Crippen molar-refractivity contribution in [3.8, 4) is 0 Å². The molecule has 3 aliphatic carbocycles. The molecular formula is C31H42N4S. The monoisotopic (exact) mass is 502 g/mol. The number of benzene rings is 1. The van der Waals surface area contributed by atoms with Crippen molar-refractivity contribution in [3.05, 3.63) is 65.4 Å². The molecule has 4 nitrogen and oxygen atoms in total. The predicted molar refractivity (Wildman–Crippen MR) is 156 cm³/mol. The van der Waals surface area contributed by atoms with Gasteiger partial charge in [-0.2, -0.15) is 0 Å². The van der Waals surface area contributed by atoms with Crippen LogP contribution >= 0.6 is 11.8 Å². The number of rotatable bonds is 9. The van der Waals surface area contributed by atoms with E-state index in [4.69, 9.17) is 9.97 Å². The number of para-hydroxylation sites is 1. The van der Waals surface area contributed by atoms with Crippen LogP contribution in [0.3, 0.4) is 0 Å². The molecule has 2 heterocycles. The van der Waals surface area contributed by atoms with Gasteiger partial charge in [-0.1, -0.05) is 48.9 Å². The number of aromatic nitrogens is 2. The Morgan fingerprint density at radius 2 is 1.92 bits per heavy atom. The van der Waals surface area contributed by atoms with Crippen LogP contribution in [0.2, 0.25) is 0 Å². The van der Waals surface area contributed by atoms with Gasteiger partial charge in [-0.25, -0.2) is 9.97 Å². The molecule has 1 aliphatic heterocycles. The lowest BCUT2D eigenvalue weighted by Crippen LogP contribution is -2.29. The second-order valence-corrected chi connectivity index (χ2v) is 12.8. The summed E-state index contributed by atoms with van der Waals surface area (Å²) in [6.45, 7) is 4.58. The Morgan fingerprint density at radius 1 is 1.11 bits per heavy atom. The van der Waals surface area contributed by atoms with Crippen LogP contribution in [-0.2, 0) is 0 Å². The highest BCUT2D eigenvalue weighted by Gasteiger charge is 2.69. The third-order valence-electron chi connectivity index (χ3n) is 9.27. The molecule has 0 spiro atoms. The average Bonchev–Trinajstić information content (AvgIpc) is 3.49. The van der Waals surface area contributed by atoms with Crippen molar-refractivity contribution in [2.24, 2.45) is 17.3 Å². The summed E-state index contributed by atoms with van der Waals surface area (Å²) in [6.07, 6.45) is 18.2. The Morgan fingerprint density at radius 3 is 2.72 bits per heavy atom. The van der Waals surface area contributed by atoms with Gasteiger partial charge in [0.1, 0.15) is 11.6 Å². The highest BCUT2D eigenvalue weighted by molar-refractivity contribution is 8.04. The molecule has 1 aromatic carbocycles. The Kier molecular flexibility index (Phi) is 6.49. The van der Waals surface area contributed by atoms with Crippen LogP contribution in [0.15, 0.2) is 59.6 Å². The van der Waals surface area contributed by atoms with Crippen LogP contribution in [-0.4, -0.2) is 41.9 Å². The molecule has 0 amide bonds. The molecule has 2 aromatic rings. The van der Waals surface area contributed by atoms with Crippen LogP contribution in [0.5, 0.6) is 0 Å². The summed E-state index contributed by atoms with van der Waals surface area (Å²) < 4.78 is 0.382. The van der Waals surface area contributed by atoms with Gasteiger partial charge in [-0.15, -0.1) is 11.8 Å². The lowest BCUT2D eigenvalue weighted by atomic mass is 9.74. The number of thioether (sulfide) groups is 1. The van der Waals surface area contributed by atoms with Crippen molar-refractivity contribution in [2.75, 3.05) is 32.1 Å². The maximum atomic E-state index is 5.09. The van der Waals surface area contributed by atoms with E-state index in [9.17, 15) is 0 Å². The Labute approximate surface area is 222 Å².